The molecular formula is C11H10F3NO2. The molecule has 0 aliphatic carbocycles. The summed E-state index contributed by atoms with van der Waals surface area (Å²) in [4.78, 5) is 15.4. The fourth-order valence-electron chi connectivity index (χ4n) is 1.80. The van der Waals surface area contributed by atoms with Gasteiger partial charge in [0.25, 0.3) is 0 Å². The van der Waals surface area contributed by atoms with Crippen molar-refractivity contribution in [2.75, 3.05) is 6.61 Å². The lowest BCUT2D eigenvalue weighted by atomic mass is 10.0. The third-order valence-corrected chi connectivity index (χ3v) is 2.61. The highest BCUT2D eigenvalue weighted by atomic mass is 19.4. The maximum Gasteiger partial charge on any atom is 0.417 e. The number of ketones is 1. The Morgan fingerprint density at radius 2 is 2.24 bits per heavy atom. The molecule has 0 saturated carbocycles. The Labute approximate surface area is 95.6 Å². The average molecular weight is 245 g/mol. The Bertz CT molecular complexity index is 425. The fraction of sp³-hybridized carbons (Fsp3) is 0.455. The van der Waals surface area contributed by atoms with E-state index in [9.17, 15) is 18.0 Å². The summed E-state index contributed by atoms with van der Waals surface area (Å²) in [7, 11) is 0. The Morgan fingerprint density at radius 1 is 1.47 bits per heavy atom. The van der Waals surface area contributed by atoms with Crippen LogP contribution in [0.3, 0.4) is 0 Å². The number of aromatic nitrogens is 1. The highest BCUT2D eigenvalue weighted by Crippen LogP contribution is 2.32. The van der Waals surface area contributed by atoms with Crippen molar-refractivity contribution in [3.8, 4) is 0 Å². The third kappa shape index (κ3) is 2.46. The number of ether oxygens (including phenoxy) is 1. The van der Waals surface area contributed by atoms with E-state index in [1.165, 1.54) is 0 Å². The summed E-state index contributed by atoms with van der Waals surface area (Å²) in [5.41, 5.74) is -1.36. The monoisotopic (exact) mass is 245 g/mol. The van der Waals surface area contributed by atoms with Crippen molar-refractivity contribution in [2.45, 2.75) is 25.1 Å². The molecule has 3 nitrogen and oxygen atoms in total. The van der Waals surface area contributed by atoms with E-state index in [4.69, 9.17) is 4.74 Å². The Balaban J connectivity index is 2.34. The van der Waals surface area contributed by atoms with Gasteiger partial charge in [-0.05, 0) is 18.9 Å². The quantitative estimate of drug-likeness (QED) is 0.751. The number of carbonyl (C=O) groups is 1. The summed E-state index contributed by atoms with van der Waals surface area (Å²) >= 11 is 0. The van der Waals surface area contributed by atoms with E-state index >= 15 is 0 Å². The zero-order valence-electron chi connectivity index (χ0n) is 8.83. The van der Waals surface area contributed by atoms with Gasteiger partial charge in [0.15, 0.2) is 5.78 Å². The number of rotatable bonds is 2. The van der Waals surface area contributed by atoms with Crippen LogP contribution < -0.4 is 0 Å². The number of alkyl halides is 3. The molecule has 0 N–H and O–H groups in total. The van der Waals surface area contributed by atoms with E-state index in [1.807, 2.05) is 0 Å². The first kappa shape index (κ1) is 12.0. The van der Waals surface area contributed by atoms with Crippen molar-refractivity contribution in [1.29, 1.82) is 0 Å². The second-order valence-corrected chi connectivity index (χ2v) is 3.78. The van der Waals surface area contributed by atoms with Crippen molar-refractivity contribution in [3.05, 3.63) is 29.6 Å². The number of halogens is 3. The van der Waals surface area contributed by atoms with Gasteiger partial charge < -0.3 is 4.74 Å². The zero-order chi connectivity index (χ0) is 12.5. The van der Waals surface area contributed by atoms with Crippen LogP contribution in [0.5, 0.6) is 0 Å². The van der Waals surface area contributed by atoms with Gasteiger partial charge in [0.1, 0.15) is 6.10 Å². The molecule has 0 radical (unpaired) electrons. The van der Waals surface area contributed by atoms with Crippen LogP contribution in [0.2, 0.25) is 0 Å². The van der Waals surface area contributed by atoms with Crippen molar-refractivity contribution in [2.24, 2.45) is 0 Å². The molecule has 0 spiro atoms. The fourth-order valence-corrected chi connectivity index (χ4v) is 1.80. The lowest BCUT2D eigenvalue weighted by Gasteiger charge is -2.13. The van der Waals surface area contributed by atoms with Crippen molar-refractivity contribution in [1.82, 2.24) is 4.98 Å². The predicted octanol–water partition coefficient (Wildman–Crippen LogP) is 2.46. The normalized spacial score (nSPS) is 20.5. The van der Waals surface area contributed by atoms with Crippen LogP contribution >= 0.6 is 0 Å². The van der Waals surface area contributed by atoms with Gasteiger partial charge in [0.2, 0.25) is 0 Å². The minimum absolute atomic E-state index is 0.410. The SMILES string of the molecule is O=C(c1cnccc1C(F)(F)F)C1CCCO1. The lowest BCUT2D eigenvalue weighted by Crippen LogP contribution is -2.23. The standard InChI is InChI=1S/C11H10F3NO2/c12-11(13,14)8-3-4-15-6-7(8)10(16)9-2-1-5-17-9/h3-4,6,9H,1-2,5H2. The summed E-state index contributed by atoms with van der Waals surface area (Å²) in [5.74, 6) is -0.636. The van der Waals surface area contributed by atoms with Crippen LogP contribution in [0.4, 0.5) is 13.2 Å². The lowest BCUT2D eigenvalue weighted by molar-refractivity contribution is -0.138. The van der Waals surface area contributed by atoms with Crippen LogP contribution in [-0.2, 0) is 10.9 Å². The number of hydrogen-bond acceptors (Lipinski definition) is 3. The number of pyridine rings is 1. The highest BCUT2D eigenvalue weighted by Gasteiger charge is 2.37. The zero-order valence-corrected chi connectivity index (χ0v) is 8.83. The molecule has 92 valence electrons. The van der Waals surface area contributed by atoms with E-state index in [0.29, 0.717) is 19.4 Å². The van der Waals surface area contributed by atoms with Crippen LogP contribution in [0.1, 0.15) is 28.8 Å². The molecule has 0 aromatic carbocycles. The molecular weight excluding hydrogens is 235 g/mol. The average Bonchev–Trinajstić information content (AvgIpc) is 2.80. The molecule has 1 atom stereocenters. The van der Waals surface area contributed by atoms with E-state index < -0.39 is 29.2 Å². The molecule has 1 aromatic heterocycles. The largest absolute Gasteiger partial charge is 0.417 e. The first-order valence-electron chi connectivity index (χ1n) is 5.17. The topological polar surface area (TPSA) is 39.2 Å². The van der Waals surface area contributed by atoms with Gasteiger partial charge in [0.05, 0.1) is 11.1 Å². The first-order valence-corrected chi connectivity index (χ1v) is 5.17. The number of carbonyl (C=O) groups excluding carboxylic acids is 1. The smallest absolute Gasteiger partial charge is 0.370 e. The van der Waals surface area contributed by atoms with Gasteiger partial charge in [-0.1, -0.05) is 0 Å². The van der Waals surface area contributed by atoms with Crippen molar-refractivity contribution >= 4 is 5.78 Å². The Morgan fingerprint density at radius 3 is 2.82 bits per heavy atom. The maximum absolute atomic E-state index is 12.7. The molecule has 1 aromatic rings. The van der Waals surface area contributed by atoms with Crippen LogP contribution in [0, 0.1) is 0 Å². The Hall–Kier alpha value is -1.43. The maximum atomic E-state index is 12.7. The van der Waals surface area contributed by atoms with Gasteiger partial charge in [0, 0.05) is 19.0 Å². The third-order valence-electron chi connectivity index (χ3n) is 2.61. The minimum atomic E-state index is -4.55. The summed E-state index contributed by atoms with van der Waals surface area (Å²) in [6.07, 6.45) is -2.18. The molecule has 17 heavy (non-hydrogen) atoms. The van der Waals surface area contributed by atoms with E-state index in [-0.39, 0.29) is 0 Å². The molecule has 1 unspecified atom stereocenters. The molecule has 2 heterocycles. The molecule has 1 aliphatic heterocycles. The van der Waals surface area contributed by atoms with E-state index in [2.05, 4.69) is 4.98 Å². The van der Waals surface area contributed by atoms with Crippen LogP contribution in [0.15, 0.2) is 18.5 Å². The van der Waals surface area contributed by atoms with Gasteiger partial charge in [-0.25, -0.2) is 0 Å². The van der Waals surface area contributed by atoms with Gasteiger partial charge in [-0.15, -0.1) is 0 Å². The second kappa shape index (κ2) is 4.44. The number of nitrogens with zero attached hydrogens (tertiary/aromatic N) is 1. The van der Waals surface area contributed by atoms with Crippen LogP contribution in [0.25, 0.3) is 0 Å². The minimum Gasteiger partial charge on any atom is -0.370 e. The molecule has 0 amide bonds. The van der Waals surface area contributed by atoms with Crippen molar-refractivity contribution in [3.63, 3.8) is 0 Å². The highest BCUT2D eigenvalue weighted by molar-refractivity contribution is 6.00. The molecule has 2 rings (SSSR count). The van der Waals surface area contributed by atoms with Gasteiger partial charge >= 0.3 is 6.18 Å². The van der Waals surface area contributed by atoms with E-state index in [0.717, 1.165) is 18.5 Å². The summed E-state index contributed by atoms with van der Waals surface area (Å²) in [6.45, 7) is 0.415. The van der Waals surface area contributed by atoms with E-state index in [1.54, 1.807) is 0 Å². The molecule has 1 saturated heterocycles. The molecule has 0 bridgehead atoms. The summed E-state index contributed by atoms with van der Waals surface area (Å²) in [5, 5.41) is 0. The summed E-state index contributed by atoms with van der Waals surface area (Å²) < 4.78 is 43.1. The van der Waals surface area contributed by atoms with Crippen molar-refractivity contribution < 1.29 is 22.7 Å². The van der Waals surface area contributed by atoms with Gasteiger partial charge in [-0.2, -0.15) is 13.2 Å². The van der Waals surface area contributed by atoms with Gasteiger partial charge in [-0.3, -0.25) is 9.78 Å². The number of hydrogen-bond donors (Lipinski definition) is 0. The number of Topliss-reactive ketones (excluding diaryl/α,β-unsaturated/α-hetero) is 1. The predicted molar refractivity (Wildman–Crippen MR) is 52.5 cm³/mol. The second-order valence-electron chi connectivity index (χ2n) is 3.78. The molecule has 1 fully saturated rings. The molecule has 6 heteroatoms. The van der Waals surface area contributed by atoms with Crippen LogP contribution in [-0.4, -0.2) is 23.5 Å². The summed E-state index contributed by atoms with van der Waals surface area (Å²) in [6, 6.07) is 0.808. The first-order chi connectivity index (χ1) is 8.00. The molecule has 1 aliphatic rings. The Kier molecular flexibility index (Phi) is 3.15.